The molecule has 0 atom stereocenters. The van der Waals surface area contributed by atoms with E-state index in [0.717, 1.165) is 5.56 Å². The van der Waals surface area contributed by atoms with E-state index in [1.807, 2.05) is 6.07 Å². The molecule has 102 valence electrons. The van der Waals surface area contributed by atoms with E-state index in [-0.39, 0.29) is 5.54 Å². The van der Waals surface area contributed by atoms with Gasteiger partial charge in [-0.1, -0.05) is 19.1 Å². The first kappa shape index (κ1) is 15.1. The lowest BCUT2D eigenvalue weighted by Gasteiger charge is -2.20. The zero-order valence-corrected chi connectivity index (χ0v) is 12.3. The molecule has 0 aliphatic heterocycles. The van der Waals surface area contributed by atoms with E-state index in [1.54, 1.807) is 25.1 Å². The highest BCUT2D eigenvalue weighted by atomic mass is 32.2. The molecule has 0 unspecified atom stereocenters. The highest BCUT2D eigenvalue weighted by Gasteiger charge is 2.13. The van der Waals surface area contributed by atoms with E-state index in [9.17, 15) is 8.42 Å². The van der Waals surface area contributed by atoms with Crippen LogP contribution in [0, 0.1) is 0 Å². The second kappa shape index (κ2) is 5.82. The van der Waals surface area contributed by atoms with Gasteiger partial charge in [-0.05, 0) is 38.5 Å². The molecule has 0 bridgehead atoms. The van der Waals surface area contributed by atoms with Crippen LogP contribution in [0.5, 0.6) is 0 Å². The largest absolute Gasteiger partial charge is 0.308 e. The molecular weight excluding hydrogens is 248 g/mol. The fourth-order valence-corrected chi connectivity index (χ4v) is 2.57. The third-order valence-corrected chi connectivity index (χ3v) is 3.91. The van der Waals surface area contributed by atoms with Crippen molar-refractivity contribution >= 4 is 10.0 Å². The molecule has 0 spiro atoms. The Kier molecular flexibility index (Phi) is 4.90. The summed E-state index contributed by atoms with van der Waals surface area (Å²) in [6.45, 7) is 9.04. The minimum Gasteiger partial charge on any atom is -0.308 e. The van der Waals surface area contributed by atoms with Gasteiger partial charge in [0.1, 0.15) is 0 Å². The monoisotopic (exact) mass is 270 g/mol. The maximum atomic E-state index is 11.9. The van der Waals surface area contributed by atoms with Crippen molar-refractivity contribution in [3.63, 3.8) is 0 Å². The summed E-state index contributed by atoms with van der Waals surface area (Å²) in [6.07, 6.45) is 0. The molecule has 2 N–H and O–H groups in total. The molecule has 0 aromatic heterocycles. The van der Waals surface area contributed by atoms with Gasteiger partial charge in [-0.2, -0.15) is 0 Å². The second-order valence-electron chi connectivity index (χ2n) is 5.25. The van der Waals surface area contributed by atoms with Gasteiger partial charge in [0.2, 0.25) is 10.0 Å². The Morgan fingerprint density at radius 3 is 2.44 bits per heavy atom. The van der Waals surface area contributed by atoms with E-state index in [1.165, 1.54) is 0 Å². The fourth-order valence-electron chi connectivity index (χ4n) is 1.46. The van der Waals surface area contributed by atoms with Gasteiger partial charge in [0.05, 0.1) is 4.90 Å². The van der Waals surface area contributed by atoms with Crippen molar-refractivity contribution in [3.8, 4) is 0 Å². The van der Waals surface area contributed by atoms with Crippen LogP contribution in [0.25, 0.3) is 0 Å². The highest BCUT2D eigenvalue weighted by molar-refractivity contribution is 7.89. The quantitative estimate of drug-likeness (QED) is 0.859. The number of rotatable bonds is 5. The summed E-state index contributed by atoms with van der Waals surface area (Å²) < 4.78 is 26.2. The van der Waals surface area contributed by atoms with Gasteiger partial charge in [-0.25, -0.2) is 13.1 Å². The summed E-state index contributed by atoms with van der Waals surface area (Å²) in [5.74, 6) is 0. The normalized spacial score (nSPS) is 12.7. The van der Waals surface area contributed by atoms with Crippen LogP contribution in [0.1, 0.15) is 33.3 Å². The zero-order chi connectivity index (χ0) is 13.8. The lowest BCUT2D eigenvalue weighted by molar-refractivity contribution is 0.424. The van der Waals surface area contributed by atoms with Crippen molar-refractivity contribution in [2.24, 2.45) is 0 Å². The van der Waals surface area contributed by atoms with Gasteiger partial charge < -0.3 is 5.32 Å². The summed E-state index contributed by atoms with van der Waals surface area (Å²) in [5, 5.41) is 3.33. The summed E-state index contributed by atoms with van der Waals surface area (Å²) in [4.78, 5) is 0.317. The number of hydrogen-bond donors (Lipinski definition) is 2. The van der Waals surface area contributed by atoms with E-state index in [4.69, 9.17) is 0 Å². The standard InChI is InChI=1S/C13H22N2O2S/c1-5-15-18(16,17)12-8-6-7-11(9-12)10-14-13(2,3)4/h6-9,14-15H,5,10H2,1-4H3. The van der Waals surface area contributed by atoms with E-state index >= 15 is 0 Å². The maximum Gasteiger partial charge on any atom is 0.240 e. The first-order chi connectivity index (χ1) is 8.24. The Balaban J connectivity index is 2.86. The Labute approximate surface area is 110 Å². The van der Waals surface area contributed by atoms with E-state index < -0.39 is 10.0 Å². The molecule has 5 heteroatoms. The molecule has 4 nitrogen and oxygen atoms in total. The predicted molar refractivity (Wildman–Crippen MR) is 73.9 cm³/mol. The molecule has 1 aromatic carbocycles. The van der Waals surface area contributed by atoms with E-state index in [0.29, 0.717) is 18.0 Å². The average Bonchev–Trinajstić information content (AvgIpc) is 2.26. The van der Waals surface area contributed by atoms with Crippen LogP contribution in [-0.4, -0.2) is 20.5 Å². The van der Waals surface area contributed by atoms with Gasteiger partial charge in [-0.15, -0.1) is 0 Å². The lowest BCUT2D eigenvalue weighted by Crippen LogP contribution is -2.35. The first-order valence-corrected chi connectivity index (χ1v) is 7.56. The minimum absolute atomic E-state index is 0.0105. The molecule has 0 amide bonds. The predicted octanol–water partition coefficient (Wildman–Crippen LogP) is 1.87. The zero-order valence-electron chi connectivity index (χ0n) is 11.4. The van der Waals surface area contributed by atoms with Crippen LogP contribution >= 0.6 is 0 Å². The first-order valence-electron chi connectivity index (χ1n) is 6.08. The Morgan fingerprint density at radius 2 is 1.89 bits per heavy atom. The van der Waals surface area contributed by atoms with Gasteiger partial charge in [-0.3, -0.25) is 0 Å². The van der Waals surface area contributed by atoms with Crippen LogP contribution in [0.2, 0.25) is 0 Å². The van der Waals surface area contributed by atoms with Gasteiger partial charge in [0, 0.05) is 18.6 Å². The molecule has 0 radical (unpaired) electrons. The molecule has 0 saturated carbocycles. The van der Waals surface area contributed by atoms with Crippen molar-refractivity contribution in [2.75, 3.05) is 6.54 Å². The number of sulfonamides is 1. The minimum atomic E-state index is -3.36. The third-order valence-electron chi connectivity index (χ3n) is 2.37. The maximum absolute atomic E-state index is 11.9. The number of benzene rings is 1. The number of hydrogen-bond acceptors (Lipinski definition) is 3. The highest BCUT2D eigenvalue weighted by Crippen LogP contribution is 2.12. The van der Waals surface area contributed by atoms with Crippen LogP contribution in [0.15, 0.2) is 29.2 Å². The van der Waals surface area contributed by atoms with Crippen molar-refractivity contribution in [1.82, 2.24) is 10.0 Å². The topological polar surface area (TPSA) is 58.2 Å². The molecule has 18 heavy (non-hydrogen) atoms. The number of nitrogens with one attached hydrogen (secondary N) is 2. The molecule has 0 heterocycles. The van der Waals surface area contributed by atoms with Crippen LogP contribution in [0.3, 0.4) is 0 Å². The molecule has 0 fully saturated rings. The summed E-state index contributed by atoms with van der Waals surface area (Å²) in [5.41, 5.74) is 0.972. The summed E-state index contributed by atoms with van der Waals surface area (Å²) in [7, 11) is -3.36. The van der Waals surface area contributed by atoms with Gasteiger partial charge in [0.15, 0.2) is 0 Å². The molecular formula is C13H22N2O2S. The summed E-state index contributed by atoms with van der Waals surface area (Å²) in [6, 6.07) is 7.00. The molecule has 0 aliphatic carbocycles. The summed E-state index contributed by atoms with van der Waals surface area (Å²) >= 11 is 0. The second-order valence-corrected chi connectivity index (χ2v) is 7.02. The Morgan fingerprint density at radius 1 is 1.22 bits per heavy atom. The lowest BCUT2D eigenvalue weighted by atomic mass is 10.1. The SMILES string of the molecule is CCNS(=O)(=O)c1cccc(CNC(C)(C)C)c1. The Hall–Kier alpha value is -0.910. The van der Waals surface area contributed by atoms with Crippen LogP contribution < -0.4 is 10.0 Å². The van der Waals surface area contributed by atoms with Crippen molar-refractivity contribution in [1.29, 1.82) is 0 Å². The average molecular weight is 270 g/mol. The van der Waals surface area contributed by atoms with Crippen molar-refractivity contribution < 1.29 is 8.42 Å². The van der Waals surface area contributed by atoms with Crippen molar-refractivity contribution in [3.05, 3.63) is 29.8 Å². The fraction of sp³-hybridized carbons (Fsp3) is 0.538. The van der Waals surface area contributed by atoms with Gasteiger partial charge >= 0.3 is 0 Å². The van der Waals surface area contributed by atoms with Crippen LogP contribution in [-0.2, 0) is 16.6 Å². The third kappa shape index (κ3) is 4.76. The Bertz CT molecular complexity index is 490. The van der Waals surface area contributed by atoms with Crippen molar-refractivity contribution in [2.45, 2.75) is 44.7 Å². The molecule has 1 aromatic rings. The molecule has 1 rings (SSSR count). The smallest absolute Gasteiger partial charge is 0.240 e. The van der Waals surface area contributed by atoms with Gasteiger partial charge in [0.25, 0.3) is 0 Å². The molecule has 0 aliphatic rings. The molecule has 0 saturated heterocycles. The van der Waals surface area contributed by atoms with E-state index in [2.05, 4.69) is 30.8 Å². The van der Waals surface area contributed by atoms with Crippen LogP contribution in [0.4, 0.5) is 0 Å².